The normalized spacial score (nSPS) is 20.9. The molecule has 38 heavy (non-hydrogen) atoms. The molecule has 8 nitrogen and oxygen atoms in total. The van der Waals surface area contributed by atoms with Crippen molar-refractivity contribution in [3.8, 4) is 5.75 Å². The van der Waals surface area contributed by atoms with Gasteiger partial charge in [-0.25, -0.2) is 4.79 Å². The minimum absolute atomic E-state index is 0.0924. The van der Waals surface area contributed by atoms with Gasteiger partial charge in [0, 0.05) is 12.2 Å². The molecule has 3 saturated heterocycles. The highest BCUT2D eigenvalue weighted by Gasteiger charge is 2.43. The molecule has 2 bridgehead atoms. The van der Waals surface area contributed by atoms with Crippen molar-refractivity contribution in [3.63, 3.8) is 0 Å². The minimum Gasteiger partial charge on any atom is -0.484 e. The van der Waals surface area contributed by atoms with Gasteiger partial charge in [0.05, 0.1) is 18.7 Å². The number of rotatable bonds is 9. The van der Waals surface area contributed by atoms with Gasteiger partial charge < -0.3 is 25.2 Å². The van der Waals surface area contributed by atoms with Crippen LogP contribution in [0.15, 0.2) is 78.9 Å². The van der Waals surface area contributed by atoms with Gasteiger partial charge in [-0.15, -0.1) is 0 Å². The van der Waals surface area contributed by atoms with E-state index in [1.54, 1.807) is 35.2 Å². The number of anilines is 1. The third-order valence-corrected chi connectivity index (χ3v) is 7.53. The van der Waals surface area contributed by atoms with E-state index >= 15 is 0 Å². The Balaban J connectivity index is 1.37. The zero-order valence-electron chi connectivity index (χ0n) is 21.2. The predicted octanol–water partition coefficient (Wildman–Crippen LogP) is 4.36. The number of carbonyl (C=O) groups excluding carboxylic acids is 1. The standard InChI is InChI=1S/C30H33N3O5/c34-19-21-6-4-10-25(16-21)31-28(35)20-38-26-11-5-9-24(17-26)29(23-7-2-1-3-8-23)33(30(36)37)27-18-32-14-12-22(27)13-15-32/h1-11,16-17,22,27,29,34H,12-15,18-20H2,(H,31,35)(H,36,37)/t27-,29?/m0/s1. The molecule has 8 heteroatoms. The second kappa shape index (κ2) is 11.7. The number of benzene rings is 3. The predicted molar refractivity (Wildman–Crippen MR) is 144 cm³/mol. The van der Waals surface area contributed by atoms with Crippen molar-refractivity contribution >= 4 is 17.7 Å². The molecule has 3 N–H and O–H groups in total. The summed E-state index contributed by atoms with van der Waals surface area (Å²) < 4.78 is 5.82. The summed E-state index contributed by atoms with van der Waals surface area (Å²) in [6, 6.07) is 23.4. The van der Waals surface area contributed by atoms with Crippen molar-refractivity contribution in [3.05, 3.63) is 95.6 Å². The van der Waals surface area contributed by atoms with Crippen LogP contribution in [0.1, 0.15) is 35.6 Å². The summed E-state index contributed by atoms with van der Waals surface area (Å²) in [5.74, 6) is 0.501. The van der Waals surface area contributed by atoms with Crippen molar-refractivity contribution in [2.24, 2.45) is 5.92 Å². The number of carbonyl (C=O) groups is 2. The summed E-state index contributed by atoms with van der Waals surface area (Å²) in [5.41, 5.74) is 2.97. The largest absolute Gasteiger partial charge is 0.484 e. The zero-order valence-corrected chi connectivity index (χ0v) is 21.2. The van der Waals surface area contributed by atoms with Crippen LogP contribution in [0.25, 0.3) is 0 Å². The summed E-state index contributed by atoms with van der Waals surface area (Å²) in [5, 5.41) is 22.6. The first-order chi connectivity index (χ1) is 18.5. The highest BCUT2D eigenvalue weighted by atomic mass is 16.5. The van der Waals surface area contributed by atoms with E-state index in [0.717, 1.165) is 43.6 Å². The quantitative estimate of drug-likeness (QED) is 0.391. The third kappa shape index (κ3) is 5.82. The Kier molecular flexibility index (Phi) is 7.91. The maximum absolute atomic E-state index is 12.8. The van der Waals surface area contributed by atoms with E-state index < -0.39 is 12.1 Å². The van der Waals surface area contributed by atoms with Gasteiger partial charge in [-0.1, -0.05) is 54.6 Å². The Bertz CT molecular complexity index is 1260. The summed E-state index contributed by atoms with van der Waals surface area (Å²) in [4.78, 5) is 29.3. The minimum atomic E-state index is -0.937. The Morgan fingerprint density at radius 2 is 1.71 bits per heavy atom. The lowest BCUT2D eigenvalue weighted by atomic mass is 9.81. The monoisotopic (exact) mass is 515 g/mol. The molecular formula is C30H33N3O5. The Morgan fingerprint density at radius 1 is 0.974 bits per heavy atom. The fraction of sp³-hybridized carbons (Fsp3) is 0.333. The second-order valence-electron chi connectivity index (χ2n) is 9.98. The number of amides is 2. The first-order valence-corrected chi connectivity index (χ1v) is 13.0. The van der Waals surface area contributed by atoms with Crippen molar-refractivity contribution < 1.29 is 24.5 Å². The molecule has 0 saturated carbocycles. The molecule has 3 aliphatic rings. The average Bonchev–Trinajstić information content (AvgIpc) is 2.96. The first kappa shape index (κ1) is 25.8. The van der Waals surface area contributed by atoms with Crippen molar-refractivity contribution in [1.29, 1.82) is 0 Å². The number of fused-ring (bicyclic) bond motifs is 3. The maximum atomic E-state index is 12.8. The molecular weight excluding hydrogens is 482 g/mol. The molecule has 2 atom stereocenters. The Labute approximate surface area is 222 Å². The van der Waals surface area contributed by atoms with Gasteiger partial charge in [-0.2, -0.15) is 0 Å². The molecule has 3 aromatic carbocycles. The van der Waals surface area contributed by atoms with Crippen LogP contribution in [-0.4, -0.2) is 64.3 Å². The van der Waals surface area contributed by atoms with Crippen LogP contribution in [0.4, 0.5) is 10.5 Å². The Morgan fingerprint density at radius 3 is 2.39 bits per heavy atom. The lowest BCUT2D eigenvalue weighted by Crippen LogP contribution is -2.59. The smallest absolute Gasteiger partial charge is 0.408 e. The number of hydrogen-bond donors (Lipinski definition) is 3. The lowest BCUT2D eigenvalue weighted by molar-refractivity contribution is -0.118. The van der Waals surface area contributed by atoms with E-state index in [0.29, 0.717) is 22.9 Å². The molecule has 3 heterocycles. The number of piperidine rings is 3. The van der Waals surface area contributed by atoms with Crippen LogP contribution < -0.4 is 10.1 Å². The van der Waals surface area contributed by atoms with Crippen LogP contribution in [0.3, 0.4) is 0 Å². The molecule has 6 rings (SSSR count). The molecule has 1 unspecified atom stereocenters. The number of hydrogen-bond acceptors (Lipinski definition) is 5. The fourth-order valence-corrected chi connectivity index (χ4v) is 5.71. The van der Waals surface area contributed by atoms with Gasteiger partial charge in [-0.3, -0.25) is 9.69 Å². The third-order valence-electron chi connectivity index (χ3n) is 7.53. The fourth-order valence-electron chi connectivity index (χ4n) is 5.71. The molecule has 0 spiro atoms. The first-order valence-electron chi connectivity index (χ1n) is 13.0. The maximum Gasteiger partial charge on any atom is 0.408 e. The summed E-state index contributed by atoms with van der Waals surface area (Å²) in [6.07, 6.45) is 1.08. The molecule has 3 aromatic rings. The average molecular weight is 516 g/mol. The second-order valence-corrected chi connectivity index (χ2v) is 9.98. The highest BCUT2D eigenvalue weighted by Crippen LogP contribution is 2.39. The number of ether oxygens (including phenoxy) is 1. The highest BCUT2D eigenvalue weighted by molar-refractivity contribution is 5.91. The number of nitrogens with zero attached hydrogens (tertiary/aromatic N) is 2. The summed E-state index contributed by atoms with van der Waals surface area (Å²) >= 11 is 0. The van der Waals surface area contributed by atoms with Gasteiger partial charge in [0.2, 0.25) is 0 Å². The molecule has 198 valence electrons. The van der Waals surface area contributed by atoms with Crippen molar-refractivity contribution in [2.75, 3.05) is 31.6 Å². The number of carboxylic acid groups (broad SMARTS) is 1. The molecule has 0 aromatic heterocycles. The Hall–Kier alpha value is -3.88. The van der Waals surface area contributed by atoms with Crippen molar-refractivity contribution in [1.82, 2.24) is 9.80 Å². The van der Waals surface area contributed by atoms with E-state index in [2.05, 4.69) is 10.2 Å². The molecule has 3 aliphatic heterocycles. The molecule has 0 radical (unpaired) electrons. The van der Waals surface area contributed by atoms with E-state index in [4.69, 9.17) is 4.74 Å². The number of aliphatic hydroxyl groups excluding tert-OH is 1. The van der Waals surface area contributed by atoms with Gasteiger partial charge >= 0.3 is 6.09 Å². The SMILES string of the molecule is O=C(COc1cccc(C(c2ccccc2)N(C(=O)O)[C@H]2CN3CCC2CC3)c1)Nc1cccc(CO)c1. The molecule has 2 amide bonds. The van der Waals surface area contributed by atoms with Gasteiger partial charge in [0.15, 0.2) is 6.61 Å². The van der Waals surface area contributed by atoms with Crippen LogP contribution in [-0.2, 0) is 11.4 Å². The summed E-state index contributed by atoms with van der Waals surface area (Å²) in [7, 11) is 0. The van der Waals surface area contributed by atoms with E-state index in [-0.39, 0.29) is 25.2 Å². The molecule has 0 aliphatic carbocycles. The summed E-state index contributed by atoms with van der Waals surface area (Å²) in [6.45, 7) is 2.49. The zero-order chi connectivity index (χ0) is 26.5. The van der Waals surface area contributed by atoms with E-state index in [1.165, 1.54) is 0 Å². The van der Waals surface area contributed by atoms with Crippen LogP contribution >= 0.6 is 0 Å². The van der Waals surface area contributed by atoms with Crippen LogP contribution in [0.2, 0.25) is 0 Å². The number of nitrogens with one attached hydrogen (secondary N) is 1. The van der Waals surface area contributed by atoms with Gasteiger partial charge in [0.25, 0.3) is 5.91 Å². The topological polar surface area (TPSA) is 102 Å². The lowest BCUT2D eigenvalue weighted by Gasteiger charge is -2.50. The van der Waals surface area contributed by atoms with Crippen LogP contribution in [0, 0.1) is 5.92 Å². The van der Waals surface area contributed by atoms with Crippen LogP contribution in [0.5, 0.6) is 5.75 Å². The van der Waals surface area contributed by atoms with E-state index in [9.17, 15) is 19.8 Å². The van der Waals surface area contributed by atoms with E-state index in [1.807, 2.05) is 48.5 Å². The number of aliphatic hydroxyl groups is 1. The molecule has 3 fully saturated rings. The van der Waals surface area contributed by atoms with Gasteiger partial charge in [-0.05, 0) is 72.8 Å². The van der Waals surface area contributed by atoms with Crippen molar-refractivity contribution in [2.45, 2.75) is 31.5 Å². The van der Waals surface area contributed by atoms with Gasteiger partial charge in [0.1, 0.15) is 5.75 Å².